The predicted octanol–water partition coefficient (Wildman–Crippen LogP) is 3.34. The molecule has 0 saturated carbocycles. The number of benzene rings is 1. The van der Waals surface area contributed by atoms with Crippen LogP contribution in [0.4, 0.5) is 0 Å². The fraction of sp³-hybridized carbons (Fsp3) is 0.450. The molecule has 0 radical (unpaired) electrons. The molecule has 2 aromatic rings. The molecule has 1 aromatic heterocycles. The Morgan fingerprint density at radius 3 is 2.74 bits per heavy atom. The highest BCUT2D eigenvalue weighted by atomic mass is 32.2. The van der Waals surface area contributed by atoms with E-state index in [4.69, 9.17) is 14.2 Å². The van der Waals surface area contributed by atoms with Crippen molar-refractivity contribution in [3.63, 3.8) is 0 Å². The number of pyridine rings is 1. The third-order valence-corrected chi connectivity index (χ3v) is 5.43. The van der Waals surface area contributed by atoms with E-state index < -0.39 is 9.84 Å². The van der Waals surface area contributed by atoms with E-state index in [0.29, 0.717) is 32.1 Å². The van der Waals surface area contributed by atoms with Gasteiger partial charge in [-0.25, -0.2) is 13.4 Å². The normalized spacial score (nSPS) is 16.0. The van der Waals surface area contributed by atoms with Crippen molar-refractivity contribution >= 4 is 9.84 Å². The Morgan fingerprint density at radius 2 is 2.04 bits per heavy atom. The number of hydrogen-bond donors (Lipinski definition) is 0. The summed E-state index contributed by atoms with van der Waals surface area (Å²) in [5.41, 5.74) is 3.86. The van der Waals surface area contributed by atoms with Gasteiger partial charge in [0.05, 0.1) is 12.4 Å². The molecule has 0 saturated heterocycles. The van der Waals surface area contributed by atoms with Crippen molar-refractivity contribution < 1.29 is 22.6 Å². The molecule has 2 heterocycles. The first-order valence-electron chi connectivity index (χ1n) is 9.05. The number of fused-ring (bicyclic) bond motifs is 1. The Morgan fingerprint density at radius 1 is 1.22 bits per heavy atom. The van der Waals surface area contributed by atoms with Gasteiger partial charge in [0, 0.05) is 41.3 Å². The predicted molar refractivity (Wildman–Crippen MR) is 104 cm³/mol. The Kier molecular flexibility index (Phi) is 6.01. The summed E-state index contributed by atoms with van der Waals surface area (Å²) in [5.74, 6) is 1.45. The maximum absolute atomic E-state index is 11.2. The molecule has 27 heavy (non-hydrogen) atoms. The topological polar surface area (TPSA) is 74.7 Å². The Hall–Kier alpha value is -2.12. The van der Waals surface area contributed by atoms with E-state index in [0.717, 1.165) is 28.1 Å². The number of nitrogens with zero attached hydrogens (tertiary/aromatic N) is 1. The van der Waals surface area contributed by atoms with Gasteiger partial charge in [-0.1, -0.05) is 18.2 Å². The maximum atomic E-state index is 11.2. The monoisotopic (exact) mass is 391 g/mol. The molecule has 146 valence electrons. The van der Waals surface area contributed by atoms with Gasteiger partial charge >= 0.3 is 0 Å². The van der Waals surface area contributed by atoms with Crippen LogP contribution in [0.25, 0.3) is 11.1 Å². The number of rotatable bonds is 8. The molecular weight excluding hydrogens is 366 g/mol. The van der Waals surface area contributed by atoms with Crippen molar-refractivity contribution in [2.24, 2.45) is 0 Å². The highest BCUT2D eigenvalue weighted by molar-refractivity contribution is 7.90. The van der Waals surface area contributed by atoms with Gasteiger partial charge in [0.25, 0.3) is 0 Å². The summed E-state index contributed by atoms with van der Waals surface area (Å²) in [6.07, 6.45) is 1.64. The SMILES string of the molecule is CCO[C@@H]1COc2c(-c3ccc(OCCCS(C)(=O)=O)nc3C)cccc21. The molecule has 1 aromatic carbocycles. The second-order valence-electron chi connectivity index (χ2n) is 6.59. The van der Waals surface area contributed by atoms with Gasteiger partial charge in [-0.3, -0.25) is 0 Å². The summed E-state index contributed by atoms with van der Waals surface area (Å²) >= 11 is 0. The Balaban J connectivity index is 1.75. The number of sulfone groups is 1. The van der Waals surface area contributed by atoms with Crippen LogP contribution in [0.5, 0.6) is 11.6 Å². The summed E-state index contributed by atoms with van der Waals surface area (Å²) in [4.78, 5) is 4.51. The standard InChI is InChI=1S/C20H25NO5S/c1-4-24-18-13-26-20-16(7-5-8-17(18)20)15-9-10-19(21-14(15)2)25-11-6-12-27(3,22)23/h5,7-10,18H,4,6,11-13H2,1-3H3/t18-/m1/s1. The quantitative estimate of drug-likeness (QED) is 0.643. The van der Waals surface area contributed by atoms with Gasteiger partial charge in [-0.15, -0.1) is 0 Å². The molecule has 1 aliphatic heterocycles. The van der Waals surface area contributed by atoms with Crippen molar-refractivity contribution in [2.45, 2.75) is 26.4 Å². The van der Waals surface area contributed by atoms with E-state index in [9.17, 15) is 8.42 Å². The molecule has 1 atom stereocenters. The van der Waals surface area contributed by atoms with E-state index in [1.54, 1.807) is 6.07 Å². The number of aromatic nitrogens is 1. The largest absolute Gasteiger partial charge is 0.489 e. The fourth-order valence-corrected chi connectivity index (χ4v) is 3.81. The van der Waals surface area contributed by atoms with Gasteiger partial charge in [0.2, 0.25) is 5.88 Å². The van der Waals surface area contributed by atoms with E-state index in [2.05, 4.69) is 4.98 Å². The number of aryl methyl sites for hydroxylation is 1. The van der Waals surface area contributed by atoms with Crippen LogP contribution in [0.1, 0.15) is 30.7 Å². The molecule has 0 spiro atoms. The average molecular weight is 391 g/mol. The van der Waals surface area contributed by atoms with E-state index in [1.165, 1.54) is 6.26 Å². The van der Waals surface area contributed by atoms with Gasteiger partial charge in [0.1, 0.15) is 28.3 Å². The van der Waals surface area contributed by atoms with Gasteiger partial charge < -0.3 is 14.2 Å². The molecule has 0 fully saturated rings. The maximum Gasteiger partial charge on any atom is 0.213 e. The zero-order valence-corrected chi connectivity index (χ0v) is 16.7. The summed E-state index contributed by atoms with van der Waals surface area (Å²) in [6.45, 7) is 5.38. The van der Waals surface area contributed by atoms with Crippen molar-refractivity contribution in [1.29, 1.82) is 0 Å². The average Bonchev–Trinajstić information content (AvgIpc) is 3.02. The van der Waals surface area contributed by atoms with Crippen LogP contribution in [0, 0.1) is 6.92 Å². The molecule has 6 nitrogen and oxygen atoms in total. The molecule has 1 aliphatic rings. The Bertz CT molecular complexity index is 911. The lowest BCUT2D eigenvalue weighted by molar-refractivity contribution is 0.0468. The van der Waals surface area contributed by atoms with Crippen molar-refractivity contribution in [1.82, 2.24) is 4.98 Å². The molecule has 0 bridgehead atoms. The van der Waals surface area contributed by atoms with Crippen LogP contribution in [-0.2, 0) is 14.6 Å². The first-order chi connectivity index (χ1) is 12.9. The van der Waals surface area contributed by atoms with Crippen molar-refractivity contribution in [3.8, 4) is 22.8 Å². The molecular formula is C20H25NO5S. The number of para-hydroxylation sites is 1. The molecule has 0 N–H and O–H groups in total. The molecule has 3 rings (SSSR count). The van der Waals surface area contributed by atoms with E-state index >= 15 is 0 Å². The van der Waals surface area contributed by atoms with Crippen LogP contribution in [-0.4, -0.2) is 45.2 Å². The third-order valence-electron chi connectivity index (χ3n) is 4.40. The van der Waals surface area contributed by atoms with Gasteiger partial charge in [-0.05, 0) is 26.3 Å². The zero-order valence-electron chi connectivity index (χ0n) is 15.9. The molecule has 0 amide bonds. The Labute approximate surface area is 160 Å². The number of hydrogen-bond acceptors (Lipinski definition) is 6. The summed E-state index contributed by atoms with van der Waals surface area (Å²) in [7, 11) is -2.97. The van der Waals surface area contributed by atoms with Crippen LogP contribution in [0.3, 0.4) is 0 Å². The van der Waals surface area contributed by atoms with Crippen molar-refractivity contribution in [2.75, 3.05) is 31.8 Å². The van der Waals surface area contributed by atoms with Gasteiger partial charge in [0.15, 0.2) is 0 Å². The summed E-state index contributed by atoms with van der Waals surface area (Å²) in [5, 5.41) is 0. The molecule has 0 aliphatic carbocycles. The minimum absolute atomic E-state index is 0.0318. The summed E-state index contributed by atoms with van der Waals surface area (Å²) in [6, 6.07) is 9.82. The smallest absolute Gasteiger partial charge is 0.213 e. The second-order valence-corrected chi connectivity index (χ2v) is 8.85. The van der Waals surface area contributed by atoms with Crippen LogP contribution < -0.4 is 9.47 Å². The van der Waals surface area contributed by atoms with Crippen LogP contribution in [0.2, 0.25) is 0 Å². The lowest BCUT2D eigenvalue weighted by Gasteiger charge is -2.12. The summed E-state index contributed by atoms with van der Waals surface area (Å²) < 4.78 is 39.6. The minimum Gasteiger partial charge on any atom is -0.489 e. The third kappa shape index (κ3) is 4.78. The lowest BCUT2D eigenvalue weighted by Crippen LogP contribution is -2.08. The number of ether oxygens (including phenoxy) is 3. The fourth-order valence-electron chi connectivity index (χ4n) is 3.17. The van der Waals surface area contributed by atoms with Crippen molar-refractivity contribution in [3.05, 3.63) is 41.6 Å². The first-order valence-corrected chi connectivity index (χ1v) is 11.1. The van der Waals surface area contributed by atoms with E-state index in [1.807, 2.05) is 38.1 Å². The van der Waals surface area contributed by atoms with E-state index in [-0.39, 0.29) is 11.9 Å². The highest BCUT2D eigenvalue weighted by Gasteiger charge is 2.27. The van der Waals surface area contributed by atoms with Crippen LogP contribution in [0.15, 0.2) is 30.3 Å². The minimum atomic E-state index is -2.97. The lowest BCUT2D eigenvalue weighted by atomic mass is 9.99. The molecule has 7 heteroatoms. The van der Waals surface area contributed by atoms with Gasteiger partial charge in [-0.2, -0.15) is 0 Å². The van der Waals surface area contributed by atoms with Crippen LogP contribution >= 0.6 is 0 Å². The highest BCUT2D eigenvalue weighted by Crippen LogP contribution is 2.42. The molecule has 0 unspecified atom stereocenters. The first kappa shape index (κ1) is 19.6. The zero-order chi connectivity index (χ0) is 19.4. The second kappa shape index (κ2) is 8.27.